The number of amides is 1. The van der Waals surface area contributed by atoms with Gasteiger partial charge >= 0.3 is 0 Å². The van der Waals surface area contributed by atoms with Crippen LogP contribution >= 0.6 is 12.4 Å². The lowest BCUT2D eigenvalue weighted by Crippen LogP contribution is -2.51. The summed E-state index contributed by atoms with van der Waals surface area (Å²) in [5.74, 6) is 1.29. The van der Waals surface area contributed by atoms with Gasteiger partial charge in [-0.25, -0.2) is 0 Å². The molecule has 23 heavy (non-hydrogen) atoms. The van der Waals surface area contributed by atoms with Crippen LogP contribution in [0.1, 0.15) is 24.1 Å². The van der Waals surface area contributed by atoms with E-state index in [2.05, 4.69) is 10.6 Å². The molecular formula is C16H25ClN2O4. The maximum atomic E-state index is 12.3. The highest BCUT2D eigenvalue weighted by Crippen LogP contribution is 2.32. The number of rotatable bonds is 5. The van der Waals surface area contributed by atoms with Gasteiger partial charge in [0.2, 0.25) is 5.91 Å². The van der Waals surface area contributed by atoms with E-state index in [1.165, 1.54) is 0 Å². The smallest absolute Gasteiger partial charge is 0.240 e. The Morgan fingerprint density at radius 2 is 2.00 bits per heavy atom. The summed E-state index contributed by atoms with van der Waals surface area (Å²) in [4.78, 5) is 12.3. The van der Waals surface area contributed by atoms with Crippen molar-refractivity contribution in [3.8, 4) is 11.5 Å². The first kappa shape index (κ1) is 19.5. The van der Waals surface area contributed by atoms with Crippen LogP contribution in [0, 0.1) is 6.92 Å². The van der Waals surface area contributed by atoms with Crippen LogP contribution in [0.15, 0.2) is 12.1 Å². The maximum Gasteiger partial charge on any atom is 0.240 e. The monoisotopic (exact) mass is 344 g/mol. The van der Waals surface area contributed by atoms with E-state index in [-0.39, 0.29) is 30.4 Å². The number of methoxy groups -OCH3 is 2. The number of halogens is 1. The van der Waals surface area contributed by atoms with Crippen LogP contribution in [0.25, 0.3) is 0 Å². The van der Waals surface area contributed by atoms with Gasteiger partial charge in [0.25, 0.3) is 0 Å². The molecule has 0 radical (unpaired) electrons. The minimum absolute atomic E-state index is 0. The summed E-state index contributed by atoms with van der Waals surface area (Å²) in [5.41, 5.74) is 2.04. The maximum absolute atomic E-state index is 12.3. The number of benzene rings is 1. The van der Waals surface area contributed by atoms with Crippen LogP contribution < -0.4 is 20.1 Å². The van der Waals surface area contributed by atoms with Crippen molar-refractivity contribution in [2.24, 2.45) is 0 Å². The Balaban J connectivity index is 0.00000264. The summed E-state index contributed by atoms with van der Waals surface area (Å²) in [7, 11) is 3.21. The Bertz CT molecular complexity index is 533. The van der Waals surface area contributed by atoms with Crippen molar-refractivity contribution in [1.82, 2.24) is 10.6 Å². The normalized spacial score (nSPS) is 18.5. The molecule has 2 unspecified atom stereocenters. The third kappa shape index (κ3) is 4.73. The molecule has 1 fully saturated rings. The van der Waals surface area contributed by atoms with Crippen LogP contribution in [0.5, 0.6) is 11.5 Å². The van der Waals surface area contributed by atoms with Crippen LogP contribution in [0.4, 0.5) is 0 Å². The number of ether oxygens (including phenoxy) is 3. The van der Waals surface area contributed by atoms with Gasteiger partial charge in [0.15, 0.2) is 11.5 Å². The van der Waals surface area contributed by atoms with E-state index in [9.17, 15) is 4.79 Å². The van der Waals surface area contributed by atoms with Crippen molar-refractivity contribution >= 4 is 18.3 Å². The first-order valence-corrected chi connectivity index (χ1v) is 7.40. The highest BCUT2D eigenvalue weighted by atomic mass is 35.5. The molecule has 1 saturated heterocycles. The molecule has 6 nitrogen and oxygen atoms in total. The summed E-state index contributed by atoms with van der Waals surface area (Å²) >= 11 is 0. The Hall–Kier alpha value is -1.50. The zero-order valence-electron chi connectivity index (χ0n) is 14.0. The van der Waals surface area contributed by atoms with E-state index in [0.717, 1.165) is 11.1 Å². The largest absolute Gasteiger partial charge is 0.493 e. The molecule has 1 amide bonds. The molecule has 2 rings (SSSR count). The standard InChI is InChI=1S/C16H24N2O4.ClH/c1-10-7-14(20-3)15(21-4)8-12(10)11(2)18-16(19)13-9-22-6-5-17-13;/h7-8,11,13,17H,5-6,9H2,1-4H3,(H,18,19);1H. The number of hydrogen-bond donors (Lipinski definition) is 2. The van der Waals surface area contributed by atoms with E-state index in [0.29, 0.717) is 31.3 Å². The molecule has 0 bridgehead atoms. The molecule has 130 valence electrons. The molecule has 1 aliphatic heterocycles. The zero-order valence-corrected chi connectivity index (χ0v) is 14.8. The van der Waals surface area contributed by atoms with Gasteiger partial charge in [-0.05, 0) is 37.1 Å². The molecule has 0 saturated carbocycles. The Labute approximate surface area is 143 Å². The minimum atomic E-state index is -0.295. The van der Waals surface area contributed by atoms with Gasteiger partial charge in [-0.15, -0.1) is 12.4 Å². The fourth-order valence-electron chi connectivity index (χ4n) is 2.59. The van der Waals surface area contributed by atoms with Crippen LogP contribution in [0.2, 0.25) is 0 Å². The second-order valence-electron chi connectivity index (χ2n) is 5.38. The van der Waals surface area contributed by atoms with E-state index >= 15 is 0 Å². The lowest BCUT2D eigenvalue weighted by molar-refractivity contribution is -0.126. The summed E-state index contributed by atoms with van der Waals surface area (Å²) in [6.07, 6.45) is 0. The molecule has 0 spiro atoms. The Kier molecular flexibility index (Phi) is 7.61. The predicted octanol–water partition coefficient (Wildman–Crippen LogP) is 1.60. The number of morpholine rings is 1. The van der Waals surface area contributed by atoms with Gasteiger partial charge in [-0.1, -0.05) is 0 Å². The number of carbonyl (C=O) groups excluding carboxylic acids is 1. The first-order chi connectivity index (χ1) is 10.6. The predicted molar refractivity (Wildman–Crippen MR) is 90.7 cm³/mol. The van der Waals surface area contributed by atoms with Crippen LogP contribution in [-0.4, -0.2) is 45.9 Å². The lowest BCUT2D eigenvalue weighted by Gasteiger charge is -2.25. The van der Waals surface area contributed by atoms with Gasteiger partial charge in [0, 0.05) is 6.54 Å². The summed E-state index contributed by atoms with van der Waals surface area (Å²) in [6, 6.07) is 3.40. The molecule has 1 heterocycles. The number of hydrogen-bond acceptors (Lipinski definition) is 5. The van der Waals surface area contributed by atoms with Gasteiger partial charge in [-0.2, -0.15) is 0 Å². The second kappa shape index (κ2) is 8.96. The van der Waals surface area contributed by atoms with E-state index < -0.39 is 0 Å². The molecular weight excluding hydrogens is 320 g/mol. The minimum Gasteiger partial charge on any atom is -0.493 e. The van der Waals surface area contributed by atoms with Crippen molar-refractivity contribution in [2.45, 2.75) is 25.9 Å². The second-order valence-corrected chi connectivity index (χ2v) is 5.38. The van der Waals surface area contributed by atoms with Crippen molar-refractivity contribution in [3.63, 3.8) is 0 Å². The van der Waals surface area contributed by atoms with Crippen LogP contribution in [-0.2, 0) is 9.53 Å². The molecule has 1 aliphatic rings. The molecule has 7 heteroatoms. The molecule has 0 aromatic heterocycles. The molecule has 1 aromatic carbocycles. The Morgan fingerprint density at radius 3 is 2.57 bits per heavy atom. The van der Waals surface area contributed by atoms with Crippen molar-refractivity contribution in [1.29, 1.82) is 0 Å². The molecule has 2 atom stereocenters. The highest BCUT2D eigenvalue weighted by molar-refractivity contribution is 5.85. The summed E-state index contributed by atoms with van der Waals surface area (Å²) < 4.78 is 15.9. The van der Waals surface area contributed by atoms with E-state index in [4.69, 9.17) is 14.2 Å². The number of nitrogens with one attached hydrogen (secondary N) is 2. The third-order valence-corrected chi connectivity index (χ3v) is 3.84. The van der Waals surface area contributed by atoms with Crippen molar-refractivity contribution < 1.29 is 19.0 Å². The molecule has 2 N–H and O–H groups in total. The average Bonchev–Trinajstić information content (AvgIpc) is 2.55. The summed E-state index contributed by atoms with van der Waals surface area (Å²) in [6.45, 7) is 5.69. The molecule has 0 aliphatic carbocycles. The lowest BCUT2D eigenvalue weighted by atomic mass is 10.0. The Morgan fingerprint density at radius 1 is 1.35 bits per heavy atom. The third-order valence-electron chi connectivity index (χ3n) is 3.84. The van der Waals surface area contributed by atoms with Gasteiger partial charge in [-0.3, -0.25) is 4.79 Å². The average molecular weight is 345 g/mol. The van der Waals surface area contributed by atoms with Crippen molar-refractivity contribution in [2.75, 3.05) is 34.0 Å². The number of aryl methyl sites for hydroxylation is 1. The van der Waals surface area contributed by atoms with Crippen LogP contribution in [0.3, 0.4) is 0 Å². The topological polar surface area (TPSA) is 68.8 Å². The summed E-state index contributed by atoms with van der Waals surface area (Å²) in [5, 5.41) is 6.17. The van der Waals surface area contributed by atoms with Crippen molar-refractivity contribution in [3.05, 3.63) is 23.3 Å². The van der Waals surface area contributed by atoms with Gasteiger partial charge in [0.1, 0.15) is 6.04 Å². The fraction of sp³-hybridized carbons (Fsp3) is 0.562. The number of carbonyl (C=O) groups is 1. The zero-order chi connectivity index (χ0) is 16.1. The fourth-order valence-corrected chi connectivity index (χ4v) is 2.59. The van der Waals surface area contributed by atoms with E-state index in [1.807, 2.05) is 26.0 Å². The highest BCUT2D eigenvalue weighted by Gasteiger charge is 2.23. The van der Waals surface area contributed by atoms with E-state index in [1.54, 1.807) is 14.2 Å². The molecule has 1 aromatic rings. The first-order valence-electron chi connectivity index (χ1n) is 7.40. The SMILES string of the molecule is COc1cc(C)c(C(C)NC(=O)C2COCCN2)cc1OC.Cl. The van der Waals surface area contributed by atoms with Gasteiger partial charge < -0.3 is 24.8 Å². The van der Waals surface area contributed by atoms with Gasteiger partial charge in [0.05, 0.1) is 33.5 Å². The quantitative estimate of drug-likeness (QED) is 0.849.